The van der Waals surface area contributed by atoms with Crippen molar-refractivity contribution in [2.45, 2.75) is 93.9 Å². The van der Waals surface area contributed by atoms with Gasteiger partial charge in [0.05, 0.1) is 17.6 Å². The van der Waals surface area contributed by atoms with E-state index in [1.807, 2.05) is 6.07 Å². The van der Waals surface area contributed by atoms with E-state index in [0.717, 1.165) is 6.42 Å². The summed E-state index contributed by atoms with van der Waals surface area (Å²) in [6.45, 7) is 15.6. The van der Waals surface area contributed by atoms with Crippen molar-refractivity contribution in [2.75, 3.05) is 6.61 Å². The van der Waals surface area contributed by atoms with Crippen molar-refractivity contribution < 1.29 is 17.6 Å². The van der Waals surface area contributed by atoms with Gasteiger partial charge in [0.1, 0.15) is 0 Å². The zero-order valence-electron chi connectivity index (χ0n) is 17.9. The van der Waals surface area contributed by atoms with Crippen molar-refractivity contribution in [3.05, 3.63) is 30.3 Å². The van der Waals surface area contributed by atoms with Crippen LogP contribution in [-0.2, 0) is 19.0 Å². The number of benzene rings is 1. The van der Waals surface area contributed by atoms with Gasteiger partial charge in [-0.3, -0.25) is 0 Å². The highest BCUT2D eigenvalue weighted by Crippen LogP contribution is 2.49. The molecule has 0 spiro atoms. The van der Waals surface area contributed by atoms with E-state index in [0.29, 0.717) is 27.9 Å². The second-order valence-electron chi connectivity index (χ2n) is 8.63. The molecule has 1 aromatic rings. The molecule has 0 bridgehead atoms. The van der Waals surface area contributed by atoms with Crippen LogP contribution in [0.3, 0.4) is 0 Å². The topological polar surface area (TPSA) is 55.9 Å². The molecule has 0 unspecified atom stereocenters. The Kier molecular flexibility index (Phi) is 6.99. The Labute approximate surface area is 166 Å². The SMILES string of the molecule is CCC[C@H](O[Si](C(C)C)(C(C)C)C(C)C)[C@@]1(S(=O)(=O)c2ccccc2)CO1. The average Bonchev–Trinajstić information content (AvgIpc) is 3.40. The largest absolute Gasteiger partial charge is 0.409 e. The van der Waals surface area contributed by atoms with Gasteiger partial charge < -0.3 is 9.16 Å². The predicted octanol–water partition coefficient (Wildman–Crippen LogP) is 5.55. The third-order valence-electron chi connectivity index (χ3n) is 6.03. The molecular formula is C21H36O4SSi. The lowest BCUT2D eigenvalue weighted by molar-refractivity contribution is 0.109. The summed E-state index contributed by atoms with van der Waals surface area (Å²) in [6.07, 6.45) is 1.12. The molecule has 6 heteroatoms. The Morgan fingerprint density at radius 3 is 1.89 bits per heavy atom. The molecule has 0 aliphatic carbocycles. The van der Waals surface area contributed by atoms with Gasteiger partial charge in [-0.15, -0.1) is 0 Å². The molecule has 0 saturated carbocycles. The van der Waals surface area contributed by atoms with Crippen molar-refractivity contribution in [1.82, 2.24) is 0 Å². The standard InChI is InChI=1S/C21H36O4SSi/c1-8-12-20(25-27(16(2)3,17(4)5)18(6)7)21(15-24-21)26(22,23)19-13-10-9-11-14-19/h9-11,13-14,16-18,20H,8,12,15H2,1-7H3/t20-,21-/m0/s1. The van der Waals surface area contributed by atoms with E-state index in [2.05, 4.69) is 48.5 Å². The van der Waals surface area contributed by atoms with E-state index in [-0.39, 0.29) is 6.61 Å². The second kappa shape index (κ2) is 8.35. The number of sulfone groups is 1. The maximum atomic E-state index is 13.4. The summed E-state index contributed by atoms with van der Waals surface area (Å²) in [4.78, 5) is -0.917. The maximum Gasteiger partial charge on any atom is 0.221 e. The van der Waals surface area contributed by atoms with Crippen molar-refractivity contribution in [2.24, 2.45) is 0 Å². The van der Waals surface area contributed by atoms with Crippen molar-refractivity contribution in [3.63, 3.8) is 0 Å². The molecular weight excluding hydrogens is 376 g/mol. The lowest BCUT2D eigenvalue weighted by Gasteiger charge is -2.45. The molecule has 0 N–H and O–H groups in total. The van der Waals surface area contributed by atoms with Crippen molar-refractivity contribution >= 4 is 18.2 Å². The number of rotatable bonds is 10. The fourth-order valence-corrected chi connectivity index (χ4v) is 12.2. The van der Waals surface area contributed by atoms with Gasteiger partial charge in [0.2, 0.25) is 23.1 Å². The van der Waals surface area contributed by atoms with Crippen molar-refractivity contribution in [1.29, 1.82) is 0 Å². The maximum absolute atomic E-state index is 13.4. The first kappa shape index (κ1) is 22.6. The van der Waals surface area contributed by atoms with Gasteiger partial charge in [0.15, 0.2) is 0 Å². The molecule has 0 aromatic heterocycles. The first-order valence-electron chi connectivity index (χ1n) is 10.2. The minimum atomic E-state index is -3.62. The lowest BCUT2D eigenvalue weighted by atomic mass is 10.1. The van der Waals surface area contributed by atoms with Crippen LogP contribution in [0.25, 0.3) is 0 Å². The zero-order valence-corrected chi connectivity index (χ0v) is 19.7. The van der Waals surface area contributed by atoms with Gasteiger partial charge in [-0.1, -0.05) is 73.1 Å². The first-order valence-corrected chi connectivity index (χ1v) is 13.8. The molecule has 154 valence electrons. The lowest BCUT2D eigenvalue weighted by Crippen LogP contribution is -2.54. The Balaban J connectivity index is 2.48. The summed E-state index contributed by atoms with van der Waals surface area (Å²) in [5.74, 6) is 0. The van der Waals surface area contributed by atoms with Gasteiger partial charge >= 0.3 is 0 Å². The van der Waals surface area contributed by atoms with Crippen LogP contribution < -0.4 is 0 Å². The number of hydrogen-bond donors (Lipinski definition) is 0. The van der Waals surface area contributed by atoms with Gasteiger partial charge in [-0.05, 0) is 35.2 Å². The highest BCUT2D eigenvalue weighted by Gasteiger charge is 2.65. The van der Waals surface area contributed by atoms with Gasteiger partial charge in [0.25, 0.3) is 0 Å². The van der Waals surface area contributed by atoms with Gasteiger partial charge in [-0.2, -0.15) is 0 Å². The molecule has 1 aromatic carbocycles. The van der Waals surface area contributed by atoms with Gasteiger partial charge in [0, 0.05) is 0 Å². The van der Waals surface area contributed by atoms with Crippen LogP contribution in [0.4, 0.5) is 0 Å². The Hall–Kier alpha value is -0.693. The average molecular weight is 413 g/mol. The summed E-state index contributed by atoms with van der Waals surface area (Å²) in [6, 6.07) is 8.65. The Bertz CT molecular complexity index is 687. The molecule has 0 radical (unpaired) electrons. The summed E-state index contributed by atoms with van der Waals surface area (Å²) < 4.78 is 39.5. The molecule has 1 aliphatic rings. The molecule has 2 rings (SSSR count). The molecule has 1 fully saturated rings. The van der Waals surface area contributed by atoms with Crippen molar-refractivity contribution in [3.8, 4) is 0 Å². The van der Waals surface area contributed by atoms with E-state index in [4.69, 9.17) is 9.16 Å². The van der Waals surface area contributed by atoms with Crippen LogP contribution in [0, 0.1) is 0 Å². The summed E-state index contributed by atoms with van der Waals surface area (Å²) in [5, 5.41) is 0. The van der Waals surface area contributed by atoms with E-state index < -0.39 is 29.2 Å². The molecule has 4 nitrogen and oxygen atoms in total. The van der Waals surface area contributed by atoms with Crippen LogP contribution in [-0.4, -0.2) is 34.4 Å². The highest BCUT2D eigenvalue weighted by atomic mass is 32.2. The smallest absolute Gasteiger partial charge is 0.221 e. The van der Waals surface area contributed by atoms with Crippen LogP contribution in [0.15, 0.2) is 35.2 Å². The molecule has 1 heterocycles. The van der Waals surface area contributed by atoms with Crippen LogP contribution in [0.2, 0.25) is 16.6 Å². The first-order chi connectivity index (χ1) is 12.6. The minimum Gasteiger partial charge on any atom is -0.409 e. The van der Waals surface area contributed by atoms with Gasteiger partial charge in [-0.25, -0.2) is 8.42 Å². The number of ether oxygens (including phenoxy) is 1. The highest BCUT2D eigenvalue weighted by molar-refractivity contribution is 7.93. The fourth-order valence-electron chi connectivity index (χ4n) is 4.67. The summed E-state index contributed by atoms with van der Waals surface area (Å²) >= 11 is 0. The minimum absolute atomic E-state index is 0.216. The third-order valence-corrected chi connectivity index (χ3v) is 14.4. The molecule has 27 heavy (non-hydrogen) atoms. The quantitative estimate of drug-likeness (QED) is 0.373. The molecule has 1 aliphatic heterocycles. The summed E-state index contributed by atoms with van der Waals surface area (Å²) in [7, 11) is -5.85. The predicted molar refractivity (Wildman–Crippen MR) is 113 cm³/mol. The van der Waals surface area contributed by atoms with E-state index in [1.54, 1.807) is 24.3 Å². The summed E-state index contributed by atoms with van der Waals surface area (Å²) in [5.41, 5.74) is 1.19. The van der Waals surface area contributed by atoms with Crippen LogP contribution in [0.1, 0.15) is 61.3 Å². The fraction of sp³-hybridized carbons (Fsp3) is 0.714. The molecule has 2 atom stereocenters. The van der Waals surface area contributed by atoms with E-state index >= 15 is 0 Å². The molecule has 0 amide bonds. The van der Waals surface area contributed by atoms with E-state index in [9.17, 15) is 8.42 Å². The van der Waals surface area contributed by atoms with Crippen LogP contribution in [0.5, 0.6) is 0 Å². The Morgan fingerprint density at radius 2 is 1.52 bits per heavy atom. The molecule has 1 saturated heterocycles. The number of epoxide rings is 1. The number of hydrogen-bond acceptors (Lipinski definition) is 4. The zero-order chi connectivity index (χ0) is 20.5. The normalized spacial score (nSPS) is 21.9. The third kappa shape index (κ3) is 3.91. The second-order valence-corrected chi connectivity index (χ2v) is 16.2. The van der Waals surface area contributed by atoms with E-state index in [1.165, 1.54) is 0 Å². The van der Waals surface area contributed by atoms with Crippen LogP contribution >= 0.6 is 0 Å². The monoisotopic (exact) mass is 412 g/mol. The Morgan fingerprint density at radius 1 is 1.04 bits per heavy atom.